The van der Waals surface area contributed by atoms with Crippen molar-refractivity contribution in [3.8, 4) is 11.5 Å². The quantitative estimate of drug-likeness (QED) is 0.683. The van der Waals surface area contributed by atoms with Gasteiger partial charge in [-0.1, -0.05) is 0 Å². The second-order valence-corrected chi connectivity index (χ2v) is 6.04. The van der Waals surface area contributed by atoms with Crippen LogP contribution in [0.15, 0.2) is 18.2 Å². The molecule has 7 nitrogen and oxygen atoms in total. The van der Waals surface area contributed by atoms with Gasteiger partial charge in [0.05, 0.1) is 26.1 Å². The van der Waals surface area contributed by atoms with E-state index in [0.29, 0.717) is 23.6 Å². The van der Waals surface area contributed by atoms with Crippen LogP contribution in [0.2, 0.25) is 0 Å². The van der Waals surface area contributed by atoms with E-state index in [1.165, 1.54) is 4.90 Å². The average Bonchev–Trinajstić information content (AvgIpc) is 3.01. The predicted octanol–water partition coefficient (Wildman–Crippen LogP) is -0.476. The molecule has 1 aromatic rings. The summed E-state index contributed by atoms with van der Waals surface area (Å²) in [6, 6.07) is 5.36. The first kappa shape index (κ1) is 15.6. The maximum Gasteiger partial charge on any atom is 0.231 e. The summed E-state index contributed by atoms with van der Waals surface area (Å²) in [5, 5.41) is 2.88. The van der Waals surface area contributed by atoms with Gasteiger partial charge in [0.2, 0.25) is 18.6 Å². The van der Waals surface area contributed by atoms with Gasteiger partial charge in [-0.15, -0.1) is 0 Å². The predicted molar refractivity (Wildman–Crippen MR) is 83.3 cm³/mol. The number of hydrogen-bond donors (Lipinski definition) is 3. The Morgan fingerprint density at radius 3 is 2.70 bits per heavy atom. The fraction of sp³-hybridized carbons (Fsp3) is 0.500. The number of quaternary nitrogens is 1. The van der Waals surface area contributed by atoms with Crippen molar-refractivity contribution in [2.24, 2.45) is 11.7 Å². The molecule has 0 bridgehead atoms. The molecule has 1 aromatic carbocycles. The highest BCUT2D eigenvalue weighted by Crippen LogP contribution is 2.34. The zero-order chi connectivity index (χ0) is 16.2. The third kappa shape index (κ3) is 3.92. The number of ether oxygens (including phenoxy) is 2. The van der Waals surface area contributed by atoms with Crippen molar-refractivity contribution in [2.75, 3.05) is 31.7 Å². The third-order valence-corrected chi connectivity index (χ3v) is 4.46. The summed E-state index contributed by atoms with van der Waals surface area (Å²) >= 11 is 0. The Bertz CT molecular complexity index is 597. The zero-order valence-corrected chi connectivity index (χ0v) is 13.0. The van der Waals surface area contributed by atoms with Gasteiger partial charge in [-0.2, -0.15) is 0 Å². The van der Waals surface area contributed by atoms with Crippen LogP contribution in [0.25, 0.3) is 0 Å². The molecule has 0 aliphatic carbocycles. The number of piperidine rings is 1. The Labute approximate surface area is 134 Å². The van der Waals surface area contributed by atoms with E-state index in [9.17, 15) is 9.59 Å². The second-order valence-electron chi connectivity index (χ2n) is 6.04. The molecule has 23 heavy (non-hydrogen) atoms. The summed E-state index contributed by atoms with van der Waals surface area (Å²) in [5.41, 5.74) is 6.04. The van der Waals surface area contributed by atoms with Gasteiger partial charge >= 0.3 is 0 Å². The van der Waals surface area contributed by atoms with Crippen LogP contribution in [-0.2, 0) is 9.59 Å². The number of primary amides is 1. The van der Waals surface area contributed by atoms with Crippen LogP contribution in [0.1, 0.15) is 19.3 Å². The van der Waals surface area contributed by atoms with Crippen LogP contribution in [0.3, 0.4) is 0 Å². The van der Waals surface area contributed by atoms with Crippen molar-refractivity contribution < 1.29 is 24.0 Å². The van der Waals surface area contributed by atoms with Crippen molar-refractivity contribution in [3.05, 3.63) is 18.2 Å². The van der Waals surface area contributed by atoms with Crippen molar-refractivity contribution in [1.29, 1.82) is 0 Å². The fourth-order valence-electron chi connectivity index (χ4n) is 3.05. The maximum atomic E-state index is 12.1. The minimum atomic E-state index is -0.204. The molecule has 2 aliphatic rings. The zero-order valence-electron chi connectivity index (χ0n) is 13.0. The largest absolute Gasteiger partial charge is 0.454 e. The monoisotopic (exact) mass is 320 g/mol. The SMILES string of the molecule is NC(=O)C1CC[NH+](CCC(=O)Nc2ccc3c(c2)OCO3)CC1. The van der Waals surface area contributed by atoms with E-state index in [1.807, 2.05) is 0 Å². The Morgan fingerprint density at radius 2 is 1.96 bits per heavy atom. The number of rotatable bonds is 5. The van der Waals surface area contributed by atoms with Crippen LogP contribution < -0.4 is 25.4 Å². The molecule has 0 atom stereocenters. The van der Waals surface area contributed by atoms with Crippen LogP contribution in [0.5, 0.6) is 11.5 Å². The molecule has 4 N–H and O–H groups in total. The molecule has 1 saturated heterocycles. The summed E-state index contributed by atoms with van der Waals surface area (Å²) < 4.78 is 10.5. The van der Waals surface area contributed by atoms with Crippen molar-refractivity contribution in [3.63, 3.8) is 0 Å². The van der Waals surface area contributed by atoms with Gasteiger partial charge in [-0.25, -0.2) is 0 Å². The number of benzene rings is 1. The Hall–Kier alpha value is -2.28. The van der Waals surface area contributed by atoms with Crippen LogP contribution >= 0.6 is 0 Å². The van der Waals surface area contributed by atoms with Gasteiger partial charge in [-0.3, -0.25) is 9.59 Å². The molecule has 7 heteroatoms. The Morgan fingerprint density at radius 1 is 1.22 bits per heavy atom. The second kappa shape index (κ2) is 6.87. The molecule has 2 amide bonds. The standard InChI is InChI=1S/C16H21N3O4/c17-16(21)11-3-6-19(7-4-11)8-5-15(20)18-12-1-2-13-14(9-12)23-10-22-13/h1-2,9,11H,3-8,10H2,(H2,17,21)(H,18,20)/p+1. The van der Waals surface area contributed by atoms with Gasteiger partial charge in [0, 0.05) is 30.5 Å². The smallest absolute Gasteiger partial charge is 0.231 e. The lowest BCUT2D eigenvalue weighted by Gasteiger charge is -2.27. The van der Waals surface area contributed by atoms with Crippen LogP contribution in [0.4, 0.5) is 5.69 Å². The lowest BCUT2D eigenvalue weighted by atomic mass is 9.96. The molecule has 124 valence electrons. The van der Waals surface area contributed by atoms with E-state index in [2.05, 4.69) is 5.32 Å². The van der Waals surface area contributed by atoms with Crippen LogP contribution in [-0.4, -0.2) is 38.2 Å². The van der Waals surface area contributed by atoms with Gasteiger partial charge < -0.3 is 25.4 Å². The lowest BCUT2D eigenvalue weighted by molar-refractivity contribution is -0.905. The highest BCUT2D eigenvalue weighted by atomic mass is 16.7. The van der Waals surface area contributed by atoms with Crippen molar-refractivity contribution in [1.82, 2.24) is 0 Å². The van der Waals surface area contributed by atoms with E-state index in [0.717, 1.165) is 32.5 Å². The highest BCUT2D eigenvalue weighted by molar-refractivity contribution is 5.91. The Kier molecular flexibility index (Phi) is 4.66. The first-order valence-electron chi connectivity index (χ1n) is 7.94. The summed E-state index contributed by atoms with van der Waals surface area (Å²) in [4.78, 5) is 24.5. The third-order valence-electron chi connectivity index (χ3n) is 4.46. The molecular weight excluding hydrogens is 298 g/mol. The number of fused-ring (bicyclic) bond motifs is 1. The van der Waals surface area contributed by atoms with E-state index in [-0.39, 0.29) is 24.5 Å². The van der Waals surface area contributed by atoms with E-state index in [1.54, 1.807) is 18.2 Å². The molecule has 3 rings (SSSR count). The van der Waals surface area contributed by atoms with Crippen molar-refractivity contribution in [2.45, 2.75) is 19.3 Å². The molecule has 0 unspecified atom stereocenters. The van der Waals surface area contributed by atoms with Gasteiger partial charge in [0.15, 0.2) is 11.5 Å². The molecule has 2 heterocycles. The molecule has 2 aliphatic heterocycles. The molecular formula is C16H22N3O4+. The number of nitrogens with one attached hydrogen (secondary N) is 2. The number of hydrogen-bond acceptors (Lipinski definition) is 4. The number of anilines is 1. The molecule has 0 radical (unpaired) electrons. The van der Waals surface area contributed by atoms with Gasteiger partial charge in [-0.05, 0) is 12.1 Å². The first-order chi connectivity index (χ1) is 11.1. The number of nitrogens with two attached hydrogens (primary N) is 1. The Balaban J connectivity index is 1.43. The average molecular weight is 320 g/mol. The number of carbonyl (C=O) groups excluding carboxylic acids is 2. The highest BCUT2D eigenvalue weighted by Gasteiger charge is 2.25. The minimum Gasteiger partial charge on any atom is -0.454 e. The van der Waals surface area contributed by atoms with E-state index >= 15 is 0 Å². The molecule has 0 saturated carbocycles. The summed E-state index contributed by atoms with van der Waals surface area (Å²) in [5.74, 6) is 1.13. The summed E-state index contributed by atoms with van der Waals surface area (Å²) in [6.07, 6.45) is 2.08. The minimum absolute atomic E-state index is 0.00112. The fourth-order valence-corrected chi connectivity index (χ4v) is 3.05. The van der Waals surface area contributed by atoms with Crippen LogP contribution in [0, 0.1) is 5.92 Å². The maximum absolute atomic E-state index is 12.1. The summed E-state index contributed by atoms with van der Waals surface area (Å²) in [7, 11) is 0. The lowest BCUT2D eigenvalue weighted by Crippen LogP contribution is -3.13. The summed E-state index contributed by atoms with van der Waals surface area (Å²) in [6.45, 7) is 2.77. The van der Waals surface area contributed by atoms with Gasteiger partial charge in [0.1, 0.15) is 0 Å². The topological polar surface area (TPSA) is 95.1 Å². The number of amides is 2. The van der Waals surface area contributed by atoms with Crippen molar-refractivity contribution >= 4 is 17.5 Å². The number of likely N-dealkylation sites (tertiary alicyclic amines) is 1. The molecule has 0 aromatic heterocycles. The first-order valence-corrected chi connectivity index (χ1v) is 7.94. The van der Waals surface area contributed by atoms with Gasteiger partial charge in [0.25, 0.3) is 0 Å². The van der Waals surface area contributed by atoms with E-state index < -0.39 is 0 Å². The molecule has 1 fully saturated rings. The molecule has 0 spiro atoms. The normalized spacial score (nSPS) is 22.6. The van der Waals surface area contributed by atoms with E-state index in [4.69, 9.17) is 15.2 Å². The number of carbonyl (C=O) groups is 2.